The normalized spacial score (nSPS) is 27.1. The highest BCUT2D eigenvalue weighted by Gasteiger charge is 2.27. The van der Waals surface area contributed by atoms with Crippen LogP contribution in [0.5, 0.6) is 0 Å². The molecule has 0 saturated heterocycles. The van der Waals surface area contributed by atoms with Gasteiger partial charge in [0.1, 0.15) is 13.2 Å². The summed E-state index contributed by atoms with van der Waals surface area (Å²) >= 11 is 0. The molecule has 0 aliphatic heterocycles. The molecular formula is C27H46N2O4. The topological polar surface area (TPSA) is 77.3 Å². The minimum absolute atomic E-state index is 0.209. The Kier molecular flexibility index (Phi) is 10.6. The fourth-order valence-corrected chi connectivity index (χ4v) is 4.79. The number of hydrogen-bond donors (Lipinski definition) is 0. The van der Waals surface area contributed by atoms with E-state index >= 15 is 0 Å². The molecule has 0 heterocycles. The molecule has 0 radical (unpaired) electrons. The van der Waals surface area contributed by atoms with Crippen LogP contribution in [-0.4, -0.2) is 49.7 Å². The van der Waals surface area contributed by atoms with Crippen LogP contribution in [0, 0.1) is 22.7 Å². The molecular weight excluding hydrogens is 416 g/mol. The van der Waals surface area contributed by atoms with Gasteiger partial charge in [0.25, 0.3) is 0 Å². The summed E-state index contributed by atoms with van der Waals surface area (Å²) in [5, 5.41) is 0. The molecule has 0 atom stereocenters. The number of rotatable bonds is 10. The monoisotopic (exact) mass is 462 g/mol. The van der Waals surface area contributed by atoms with Crippen molar-refractivity contribution >= 4 is 24.4 Å². The lowest BCUT2D eigenvalue weighted by atomic mass is 9.76. The van der Waals surface area contributed by atoms with Gasteiger partial charge in [0, 0.05) is 49.2 Å². The molecule has 6 heteroatoms. The van der Waals surface area contributed by atoms with Crippen LogP contribution in [0.2, 0.25) is 0 Å². The number of aliphatic imine (C=N–C) groups is 2. The van der Waals surface area contributed by atoms with Gasteiger partial charge in [-0.15, -0.1) is 0 Å². The SMILES string of the molecule is CC(=O)OCC(C)(C)C=NC1CCC(CC2CCC(N=CC(C)(C)COC(C)=O)CC2)CC1. The van der Waals surface area contributed by atoms with Crippen molar-refractivity contribution in [2.75, 3.05) is 13.2 Å². The van der Waals surface area contributed by atoms with Gasteiger partial charge in [-0.2, -0.15) is 0 Å². The lowest BCUT2D eigenvalue weighted by Gasteiger charge is -2.33. The van der Waals surface area contributed by atoms with Crippen LogP contribution in [0.3, 0.4) is 0 Å². The minimum Gasteiger partial charge on any atom is -0.465 e. The molecule has 0 aromatic heterocycles. The quantitative estimate of drug-likeness (QED) is 0.303. The summed E-state index contributed by atoms with van der Waals surface area (Å²) in [4.78, 5) is 31.7. The summed E-state index contributed by atoms with van der Waals surface area (Å²) in [6.45, 7) is 11.9. The number of carbonyl (C=O) groups excluding carboxylic acids is 2. The standard InChI is InChI=1S/C27H46N2O4/c1-20(30)32-18-26(3,4)16-28-24-11-7-22(8-12-24)15-23-9-13-25(14-10-23)29-17-27(5,6)19-33-21(2)31/h16-17,22-25H,7-15,18-19H2,1-6H3. The van der Waals surface area contributed by atoms with E-state index in [1.165, 1.54) is 71.6 Å². The fourth-order valence-electron chi connectivity index (χ4n) is 4.79. The van der Waals surface area contributed by atoms with Crippen molar-refractivity contribution in [2.45, 2.75) is 111 Å². The molecule has 6 nitrogen and oxygen atoms in total. The third-order valence-corrected chi connectivity index (χ3v) is 6.86. The van der Waals surface area contributed by atoms with Gasteiger partial charge >= 0.3 is 11.9 Å². The van der Waals surface area contributed by atoms with Gasteiger partial charge in [-0.25, -0.2) is 0 Å². The number of hydrogen-bond acceptors (Lipinski definition) is 6. The molecule has 188 valence electrons. The first-order valence-corrected chi connectivity index (χ1v) is 12.8. The van der Waals surface area contributed by atoms with E-state index in [9.17, 15) is 9.59 Å². The van der Waals surface area contributed by atoms with Crippen molar-refractivity contribution < 1.29 is 19.1 Å². The predicted octanol–water partition coefficient (Wildman–Crippen LogP) is 5.81. The Morgan fingerprint density at radius 1 is 0.697 bits per heavy atom. The highest BCUT2D eigenvalue weighted by Crippen LogP contribution is 2.37. The number of ether oxygens (including phenoxy) is 2. The van der Waals surface area contributed by atoms with E-state index in [0.717, 1.165) is 11.8 Å². The number of carbonyl (C=O) groups is 2. The van der Waals surface area contributed by atoms with Crippen molar-refractivity contribution in [3.8, 4) is 0 Å². The molecule has 0 bridgehead atoms. The van der Waals surface area contributed by atoms with Crippen molar-refractivity contribution in [3.05, 3.63) is 0 Å². The Bertz CT molecular complexity index is 624. The smallest absolute Gasteiger partial charge is 0.302 e. The van der Waals surface area contributed by atoms with E-state index in [2.05, 4.69) is 27.7 Å². The van der Waals surface area contributed by atoms with Gasteiger partial charge in [0.2, 0.25) is 0 Å². The van der Waals surface area contributed by atoms with E-state index in [0.29, 0.717) is 25.3 Å². The van der Waals surface area contributed by atoms with Gasteiger partial charge in [-0.1, -0.05) is 27.7 Å². The Morgan fingerprint density at radius 3 is 1.33 bits per heavy atom. The second-order valence-corrected chi connectivity index (χ2v) is 11.7. The molecule has 0 spiro atoms. The van der Waals surface area contributed by atoms with Crippen molar-refractivity contribution in [1.29, 1.82) is 0 Å². The van der Waals surface area contributed by atoms with Crippen LogP contribution >= 0.6 is 0 Å². The third kappa shape index (κ3) is 11.3. The van der Waals surface area contributed by atoms with Crippen molar-refractivity contribution in [2.24, 2.45) is 32.7 Å². The second-order valence-electron chi connectivity index (χ2n) is 11.7. The molecule has 0 aromatic carbocycles. The maximum Gasteiger partial charge on any atom is 0.302 e. The fraction of sp³-hybridized carbons (Fsp3) is 0.852. The Hall–Kier alpha value is -1.72. The van der Waals surface area contributed by atoms with E-state index in [1.54, 1.807) is 0 Å². The van der Waals surface area contributed by atoms with Gasteiger partial charge in [0.05, 0.1) is 0 Å². The first kappa shape index (κ1) is 27.5. The van der Waals surface area contributed by atoms with Crippen LogP contribution in [0.4, 0.5) is 0 Å². The Labute approximate surface area is 201 Å². The summed E-state index contributed by atoms with van der Waals surface area (Å²) in [6, 6.07) is 0.830. The van der Waals surface area contributed by atoms with Crippen molar-refractivity contribution in [3.63, 3.8) is 0 Å². The summed E-state index contributed by atoms with van der Waals surface area (Å²) in [7, 11) is 0. The second kappa shape index (κ2) is 12.7. The average molecular weight is 463 g/mol. The van der Waals surface area contributed by atoms with Gasteiger partial charge in [-0.3, -0.25) is 19.6 Å². The Balaban J connectivity index is 1.67. The van der Waals surface area contributed by atoms with Gasteiger partial charge in [-0.05, 0) is 69.6 Å². The highest BCUT2D eigenvalue weighted by molar-refractivity contribution is 5.69. The van der Waals surface area contributed by atoms with Crippen LogP contribution in [0.15, 0.2) is 9.98 Å². The summed E-state index contributed by atoms with van der Waals surface area (Å²) in [6.07, 6.45) is 15.1. The molecule has 0 aromatic rings. The largest absolute Gasteiger partial charge is 0.465 e. The summed E-state index contributed by atoms with van der Waals surface area (Å²) < 4.78 is 10.3. The highest BCUT2D eigenvalue weighted by atomic mass is 16.5. The summed E-state index contributed by atoms with van der Waals surface area (Å²) in [5.41, 5.74) is -0.418. The minimum atomic E-state index is -0.235. The van der Waals surface area contributed by atoms with Crippen LogP contribution in [-0.2, 0) is 19.1 Å². The van der Waals surface area contributed by atoms with Crippen LogP contribution in [0.25, 0.3) is 0 Å². The maximum atomic E-state index is 11.0. The summed E-state index contributed by atoms with van der Waals surface area (Å²) in [5.74, 6) is 1.19. The van der Waals surface area contributed by atoms with E-state index in [-0.39, 0.29) is 22.8 Å². The molecule has 0 unspecified atom stereocenters. The van der Waals surface area contributed by atoms with Gasteiger partial charge < -0.3 is 9.47 Å². The molecule has 33 heavy (non-hydrogen) atoms. The maximum absolute atomic E-state index is 11.0. The molecule has 0 amide bonds. The van der Waals surface area contributed by atoms with Gasteiger partial charge in [0.15, 0.2) is 0 Å². The predicted molar refractivity (Wildman–Crippen MR) is 134 cm³/mol. The first-order valence-electron chi connectivity index (χ1n) is 12.8. The molecule has 2 saturated carbocycles. The van der Waals surface area contributed by atoms with E-state index < -0.39 is 0 Å². The molecule has 2 fully saturated rings. The molecule has 2 aliphatic rings. The third-order valence-electron chi connectivity index (χ3n) is 6.86. The molecule has 2 aliphatic carbocycles. The number of nitrogens with zero attached hydrogens (tertiary/aromatic N) is 2. The lowest BCUT2D eigenvalue weighted by Crippen LogP contribution is -2.26. The zero-order valence-electron chi connectivity index (χ0n) is 21.8. The average Bonchev–Trinajstić information content (AvgIpc) is 2.76. The molecule has 0 N–H and O–H groups in total. The zero-order valence-corrected chi connectivity index (χ0v) is 21.8. The molecule has 2 rings (SSSR count). The van der Waals surface area contributed by atoms with Crippen LogP contribution in [0.1, 0.15) is 99.3 Å². The lowest BCUT2D eigenvalue weighted by molar-refractivity contribution is -0.143. The zero-order chi connectivity index (χ0) is 24.5. The van der Waals surface area contributed by atoms with Crippen LogP contribution < -0.4 is 0 Å². The number of esters is 2. The van der Waals surface area contributed by atoms with E-state index in [1.807, 2.05) is 12.4 Å². The van der Waals surface area contributed by atoms with Crippen molar-refractivity contribution in [1.82, 2.24) is 0 Å². The first-order chi connectivity index (χ1) is 15.4. The van der Waals surface area contributed by atoms with E-state index in [4.69, 9.17) is 19.5 Å². The Morgan fingerprint density at radius 2 is 1.03 bits per heavy atom.